The number of carbonyl (C=O) groups excluding carboxylic acids is 1. The highest BCUT2D eigenvalue weighted by atomic mass is 19.1. The molecular weight excluding hydrogens is 493 g/mol. The van der Waals surface area contributed by atoms with Crippen molar-refractivity contribution in [2.24, 2.45) is 5.92 Å². The third-order valence-corrected chi connectivity index (χ3v) is 8.62. The van der Waals surface area contributed by atoms with E-state index in [2.05, 4.69) is 27.8 Å². The van der Waals surface area contributed by atoms with Crippen LogP contribution in [0, 0.1) is 23.1 Å². The number of halogens is 1. The molecule has 196 valence electrons. The maximum absolute atomic E-state index is 13.8. The summed E-state index contributed by atoms with van der Waals surface area (Å²) in [5.41, 5.74) is 6.88. The van der Waals surface area contributed by atoms with Gasteiger partial charge < -0.3 is 14.6 Å². The van der Waals surface area contributed by atoms with Gasteiger partial charge in [-0.3, -0.25) is 9.78 Å². The number of benzene rings is 2. The fraction of sp³-hybridized carbons (Fsp3) is 0.355. The van der Waals surface area contributed by atoms with Crippen LogP contribution in [-0.4, -0.2) is 43.6 Å². The fourth-order valence-electron chi connectivity index (χ4n) is 6.34. The number of aliphatic hydroxyl groups is 1. The molecular formula is C31H28FN5O2. The number of amides is 1. The molecule has 8 rings (SSSR count). The van der Waals surface area contributed by atoms with E-state index in [1.165, 1.54) is 36.2 Å². The summed E-state index contributed by atoms with van der Waals surface area (Å²) in [6, 6.07) is 15.8. The number of aromatic nitrogens is 3. The Balaban J connectivity index is 0.000000318. The molecule has 2 saturated carbocycles. The Labute approximate surface area is 225 Å². The van der Waals surface area contributed by atoms with E-state index in [1.54, 1.807) is 6.20 Å². The number of carbonyl (C=O) groups is 1. The van der Waals surface area contributed by atoms with Crippen LogP contribution in [0.15, 0.2) is 54.9 Å². The number of aliphatic hydroxyl groups excluding tert-OH is 1. The molecule has 7 nitrogen and oxygen atoms in total. The van der Waals surface area contributed by atoms with E-state index >= 15 is 0 Å². The highest BCUT2D eigenvalue weighted by Gasteiger charge is 2.45. The summed E-state index contributed by atoms with van der Waals surface area (Å²) in [7, 11) is 1.89. The molecule has 8 heteroatoms. The van der Waals surface area contributed by atoms with E-state index < -0.39 is 0 Å². The Hall–Kier alpha value is -4.09. The van der Waals surface area contributed by atoms with Gasteiger partial charge in [0, 0.05) is 30.8 Å². The van der Waals surface area contributed by atoms with Gasteiger partial charge in [-0.05, 0) is 72.6 Å². The van der Waals surface area contributed by atoms with Crippen molar-refractivity contribution in [1.29, 1.82) is 5.26 Å². The second kappa shape index (κ2) is 8.99. The molecule has 2 unspecified atom stereocenters. The maximum atomic E-state index is 13.8. The number of hydrogen-bond donors (Lipinski definition) is 1. The van der Waals surface area contributed by atoms with Gasteiger partial charge in [0.2, 0.25) is 0 Å². The van der Waals surface area contributed by atoms with Gasteiger partial charge in [-0.25, -0.2) is 9.37 Å². The summed E-state index contributed by atoms with van der Waals surface area (Å²) in [4.78, 5) is 24.2. The fourth-order valence-corrected chi connectivity index (χ4v) is 6.34. The van der Waals surface area contributed by atoms with E-state index in [0.29, 0.717) is 18.8 Å². The molecule has 2 aliphatic carbocycles. The third kappa shape index (κ3) is 3.92. The zero-order valence-electron chi connectivity index (χ0n) is 21.6. The molecule has 4 aliphatic rings. The van der Waals surface area contributed by atoms with Gasteiger partial charge in [0.1, 0.15) is 11.6 Å². The monoisotopic (exact) mass is 521 g/mol. The van der Waals surface area contributed by atoms with Crippen LogP contribution in [-0.2, 0) is 0 Å². The molecule has 4 heterocycles. The van der Waals surface area contributed by atoms with Crippen molar-refractivity contribution in [2.75, 3.05) is 7.05 Å². The van der Waals surface area contributed by atoms with Gasteiger partial charge in [-0.15, -0.1) is 0 Å². The Bertz CT molecular complexity index is 1660. The lowest BCUT2D eigenvalue weighted by molar-refractivity contribution is 0.0657. The predicted molar refractivity (Wildman–Crippen MR) is 143 cm³/mol. The van der Waals surface area contributed by atoms with E-state index in [4.69, 9.17) is 15.4 Å². The quantitative estimate of drug-likeness (QED) is 0.375. The number of pyridine rings is 1. The van der Waals surface area contributed by atoms with Crippen LogP contribution in [0.1, 0.15) is 77.4 Å². The number of nitriles is 1. The summed E-state index contributed by atoms with van der Waals surface area (Å²) in [5, 5.41) is 16.7. The average Bonchev–Trinajstić information content (AvgIpc) is 3.64. The lowest BCUT2D eigenvalue weighted by Gasteiger charge is -2.25. The van der Waals surface area contributed by atoms with Gasteiger partial charge in [-0.1, -0.05) is 18.2 Å². The van der Waals surface area contributed by atoms with Crippen molar-refractivity contribution >= 4 is 16.9 Å². The first kappa shape index (κ1) is 24.0. The molecule has 2 aromatic heterocycles. The van der Waals surface area contributed by atoms with Gasteiger partial charge >= 0.3 is 0 Å². The van der Waals surface area contributed by atoms with Crippen LogP contribution in [0.25, 0.3) is 22.2 Å². The van der Waals surface area contributed by atoms with Crippen LogP contribution in [0.4, 0.5) is 4.39 Å². The van der Waals surface area contributed by atoms with Crippen molar-refractivity contribution in [1.82, 2.24) is 19.4 Å². The lowest BCUT2D eigenvalue weighted by atomic mass is 9.84. The van der Waals surface area contributed by atoms with Crippen LogP contribution < -0.4 is 0 Å². The van der Waals surface area contributed by atoms with Crippen molar-refractivity contribution in [3.8, 4) is 17.2 Å². The topological polar surface area (TPSA) is 95.0 Å². The van der Waals surface area contributed by atoms with Crippen LogP contribution in [0.3, 0.4) is 0 Å². The zero-order chi connectivity index (χ0) is 26.8. The van der Waals surface area contributed by atoms with Gasteiger partial charge in [-0.2, -0.15) is 5.26 Å². The normalized spacial score (nSPS) is 24.7. The van der Waals surface area contributed by atoms with E-state index in [1.807, 2.05) is 36.2 Å². The molecule has 2 bridgehead atoms. The minimum Gasteiger partial charge on any atom is -0.393 e. The SMILES string of the molecule is CN1C(=O)c2cccc(C3CC3)c2C2CC1c1nc3ccc(-c4cncc(F)c4)cc3n12.N#CC1CC(O)C1. The molecule has 0 radical (unpaired) electrons. The molecule has 2 atom stereocenters. The van der Waals surface area contributed by atoms with Crippen LogP contribution >= 0.6 is 0 Å². The number of nitrogens with zero attached hydrogens (tertiary/aromatic N) is 5. The Morgan fingerprint density at radius 2 is 1.87 bits per heavy atom. The summed E-state index contributed by atoms with van der Waals surface area (Å²) in [6.45, 7) is 0. The molecule has 4 aromatic rings. The first-order valence-electron chi connectivity index (χ1n) is 13.5. The molecule has 39 heavy (non-hydrogen) atoms. The molecule has 2 fully saturated rings. The zero-order valence-corrected chi connectivity index (χ0v) is 21.6. The van der Waals surface area contributed by atoms with E-state index in [-0.39, 0.29) is 35.8 Å². The van der Waals surface area contributed by atoms with Crippen LogP contribution in [0.5, 0.6) is 0 Å². The molecule has 0 saturated heterocycles. The minimum atomic E-state index is -0.350. The van der Waals surface area contributed by atoms with Gasteiger partial charge in [0.25, 0.3) is 5.91 Å². The summed E-state index contributed by atoms with van der Waals surface area (Å²) < 4.78 is 16.1. The molecule has 1 amide bonds. The Morgan fingerprint density at radius 3 is 2.56 bits per heavy atom. The summed E-state index contributed by atoms with van der Waals surface area (Å²) >= 11 is 0. The van der Waals surface area contributed by atoms with E-state index in [0.717, 1.165) is 40.0 Å². The van der Waals surface area contributed by atoms with Crippen molar-refractivity contribution in [3.63, 3.8) is 0 Å². The molecule has 0 spiro atoms. The Morgan fingerprint density at radius 1 is 1.05 bits per heavy atom. The van der Waals surface area contributed by atoms with Crippen molar-refractivity contribution < 1.29 is 14.3 Å². The number of rotatable bonds is 2. The largest absolute Gasteiger partial charge is 0.393 e. The smallest absolute Gasteiger partial charge is 0.254 e. The standard InChI is InChI=1S/C26H21FN4O.C5H7NO/c1-30-23-11-22(24-18(14-5-6-14)3-2-4-19(24)26(30)32)31-21-10-15(7-8-20(21)29-25(23)31)16-9-17(27)13-28-12-16;6-3-4-1-5(7)2-4/h2-4,7-10,12-14,22-23H,5-6,11H2,1H3;4-5,7H,1-2H2. The lowest BCUT2D eigenvalue weighted by Crippen LogP contribution is -2.30. The first-order chi connectivity index (χ1) is 18.9. The third-order valence-electron chi connectivity index (χ3n) is 8.62. The maximum Gasteiger partial charge on any atom is 0.254 e. The van der Waals surface area contributed by atoms with Crippen LogP contribution in [0.2, 0.25) is 0 Å². The second-order valence-electron chi connectivity index (χ2n) is 11.2. The highest BCUT2D eigenvalue weighted by molar-refractivity contribution is 5.97. The summed E-state index contributed by atoms with van der Waals surface area (Å²) in [5.74, 6) is 1.37. The number of hydrogen-bond acceptors (Lipinski definition) is 5. The highest BCUT2D eigenvalue weighted by Crippen LogP contribution is 2.52. The van der Waals surface area contributed by atoms with Gasteiger partial charge in [0.05, 0.1) is 47.4 Å². The van der Waals surface area contributed by atoms with Crippen molar-refractivity contribution in [3.05, 3.63) is 83.2 Å². The Kier molecular flexibility index (Phi) is 5.53. The average molecular weight is 522 g/mol. The molecule has 2 aromatic carbocycles. The van der Waals surface area contributed by atoms with Gasteiger partial charge in [0.15, 0.2) is 0 Å². The minimum absolute atomic E-state index is 0.0568. The summed E-state index contributed by atoms with van der Waals surface area (Å²) in [6.07, 6.45) is 7.31. The number of imidazole rings is 1. The second-order valence-corrected chi connectivity index (χ2v) is 11.2. The first-order valence-corrected chi connectivity index (χ1v) is 13.5. The molecule has 2 aliphatic heterocycles. The predicted octanol–water partition coefficient (Wildman–Crippen LogP) is 5.52. The van der Waals surface area contributed by atoms with E-state index in [9.17, 15) is 9.18 Å². The number of fused-ring (bicyclic) bond motifs is 9. The van der Waals surface area contributed by atoms with Crippen molar-refractivity contribution in [2.45, 2.75) is 56.2 Å². The molecule has 1 N–H and O–H groups in total.